The molecule has 0 aliphatic heterocycles. The first kappa shape index (κ1) is 29.1. The molecule has 4 aromatic rings. The Bertz CT molecular complexity index is 1720. The molecule has 0 spiro atoms. The molecule has 0 amide bonds. The molecule has 42 heavy (non-hydrogen) atoms. The van der Waals surface area contributed by atoms with Gasteiger partial charge in [0.15, 0.2) is 0 Å². The highest BCUT2D eigenvalue weighted by atomic mass is 35.5. The monoisotopic (exact) mass is 575 g/mol. The van der Waals surface area contributed by atoms with Crippen LogP contribution in [0, 0.1) is 34.8 Å². The number of nitro benzene ring substituents is 1. The second-order valence-electron chi connectivity index (χ2n) is 10.6. The van der Waals surface area contributed by atoms with Gasteiger partial charge in [-0.2, -0.15) is 0 Å². The highest BCUT2D eigenvalue weighted by Crippen LogP contribution is 2.41. The molecule has 5 nitrogen and oxygen atoms in total. The molecule has 0 aromatic heterocycles. The van der Waals surface area contributed by atoms with Gasteiger partial charge in [-0.05, 0) is 69.5 Å². The molecule has 0 saturated carbocycles. The molecule has 2 aliphatic carbocycles. The minimum absolute atomic E-state index is 0.0664. The Hall–Kier alpha value is -4.39. The van der Waals surface area contributed by atoms with Gasteiger partial charge in [0.25, 0.3) is 5.69 Å². The molecule has 0 saturated heterocycles. The average Bonchev–Trinajstić information content (AvgIpc) is 2.98. The van der Waals surface area contributed by atoms with Crippen LogP contribution in [0.25, 0.3) is 0 Å². The predicted molar refractivity (Wildman–Crippen MR) is 166 cm³/mol. The van der Waals surface area contributed by atoms with Gasteiger partial charge in [0.05, 0.1) is 17.1 Å². The molecular weight excluding hydrogens is 546 g/mol. The zero-order valence-corrected chi connectivity index (χ0v) is 23.7. The molecule has 2 aliphatic rings. The molecule has 210 valence electrons. The summed E-state index contributed by atoms with van der Waals surface area (Å²) in [7, 11) is 0. The van der Waals surface area contributed by atoms with Gasteiger partial charge < -0.3 is 10.2 Å². The lowest BCUT2D eigenvalue weighted by Crippen LogP contribution is -2.25. The van der Waals surface area contributed by atoms with E-state index in [1.165, 1.54) is 22.8 Å². The van der Waals surface area contributed by atoms with Crippen LogP contribution in [0.1, 0.15) is 69.2 Å². The standard InChI is InChI=1S/C18H15ClO.C18H15NO3/c1-2-5-17(20)18-15-7-4-3-6-12(15)10-13-11-14(19)8-9-16(13)18;1-2-5-17(20)18-15-7-4-3-6-12(15)10-13-11-14(19(21)22)8-9-16(13)18/h1,3-4,6-9,11,17-18,20H,5,10H2;1,3-4,6-9,11,17-18,20H,5,10H2. The number of benzene rings is 4. The van der Waals surface area contributed by atoms with E-state index in [1.54, 1.807) is 12.1 Å². The molecule has 6 rings (SSSR count). The molecule has 0 fully saturated rings. The van der Waals surface area contributed by atoms with Crippen LogP contribution in [0.15, 0.2) is 84.9 Å². The quantitative estimate of drug-likeness (QED) is 0.156. The van der Waals surface area contributed by atoms with E-state index in [1.807, 2.05) is 54.6 Å². The number of aliphatic hydroxyl groups is 2. The number of non-ortho nitro benzene ring substituents is 1. The number of fused-ring (bicyclic) bond motifs is 4. The minimum atomic E-state index is -0.702. The Labute approximate surface area is 251 Å². The average molecular weight is 576 g/mol. The number of hydrogen-bond acceptors (Lipinski definition) is 4. The summed E-state index contributed by atoms with van der Waals surface area (Å²) in [4.78, 5) is 10.6. The van der Waals surface area contributed by atoms with Crippen LogP contribution in [0.5, 0.6) is 0 Å². The van der Waals surface area contributed by atoms with Crippen molar-refractivity contribution in [2.24, 2.45) is 0 Å². The van der Waals surface area contributed by atoms with Crippen molar-refractivity contribution in [1.29, 1.82) is 0 Å². The fraction of sp³-hybridized carbons (Fsp3) is 0.222. The maximum absolute atomic E-state index is 11.0. The highest BCUT2D eigenvalue weighted by Gasteiger charge is 2.32. The lowest BCUT2D eigenvalue weighted by molar-refractivity contribution is -0.384. The molecular formula is C36H30ClNO4. The molecule has 4 unspecified atom stereocenters. The molecule has 2 N–H and O–H groups in total. The first-order valence-corrected chi connectivity index (χ1v) is 14.1. The highest BCUT2D eigenvalue weighted by molar-refractivity contribution is 6.30. The van der Waals surface area contributed by atoms with E-state index < -0.39 is 17.1 Å². The third-order valence-corrected chi connectivity index (χ3v) is 8.31. The third kappa shape index (κ3) is 5.82. The number of halogens is 1. The van der Waals surface area contributed by atoms with Crippen LogP contribution >= 0.6 is 11.6 Å². The van der Waals surface area contributed by atoms with E-state index in [4.69, 9.17) is 24.4 Å². The Morgan fingerprint density at radius 2 is 1.19 bits per heavy atom. The lowest BCUT2D eigenvalue weighted by atomic mass is 9.75. The van der Waals surface area contributed by atoms with E-state index >= 15 is 0 Å². The summed E-state index contributed by atoms with van der Waals surface area (Å²) in [6.45, 7) is 0. The third-order valence-electron chi connectivity index (χ3n) is 8.08. The SMILES string of the molecule is C#CCC(O)C1c2ccccc2Cc2cc(Cl)ccc21.C#CCC(O)C1c2ccccc2Cc2cc([N+](=O)[O-])ccc21. The van der Waals surface area contributed by atoms with E-state index in [0.717, 1.165) is 39.3 Å². The van der Waals surface area contributed by atoms with Gasteiger partial charge in [0, 0.05) is 41.8 Å². The maximum atomic E-state index is 11.0. The van der Waals surface area contributed by atoms with E-state index in [2.05, 4.69) is 24.0 Å². The number of aliphatic hydroxyl groups excluding tert-OH is 2. The fourth-order valence-electron chi connectivity index (χ4n) is 6.24. The van der Waals surface area contributed by atoms with E-state index in [0.29, 0.717) is 12.8 Å². The lowest BCUT2D eigenvalue weighted by Gasteiger charge is -2.31. The molecule has 0 radical (unpaired) electrons. The van der Waals surface area contributed by atoms with E-state index in [9.17, 15) is 20.3 Å². The normalized spacial score (nSPS) is 17.4. The summed E-state index contributed by atoms with van der Waals surface area (Å²) >= 11 is 6.10. The van der Waals surface area contributed by atoms with Crippen molar-refractivity contribution in [3.8, 4) is 24.7 Å². The molecule has 4 aromatic carbocycles. The van der Waals surface area contributed by atoms with E-state index in [-0.39, 0.29) is 23.9 Å². The smallest absolute Gasteiger partial charge is 0.269 e. The van der Waals surface area contributed by atoms with Gasteiger partial charge >= 0.3 is 0 Å². The maximum Gasteiger partial charge on any atom is 0.269 e. The van der Waals surface area contributed by atoms with Gasteiger partial charge in [-0.1, -0.05) is 72.3 Å². The van der Waals surface area contributed by atoms with Crippen LogP contribution in [-0.4, -0.2) is 27.3 Å². The number of nitro groups is 1. The largest absolute Gasteiger partial charge is 0.391 e. The van der Waals surface area contributed by atoms with Gasteiger partial charge in [-0.25, -0.2) is 0 Å². The van der Waals surface area contributed by atoms with Gasteiger partial charge in [0.1, 0.15) is 0 Å². The second kappa shape index (κ2) is 12.6. The van der Waals surface area contributed by atoms with Gasteiger partial charge in [-0.3, -0.25) is 10.1 Å². The summed E-state index contributed by atoms with van der Waals surface area (Å²) in [5.74, 6) is 4.75. The van der Waals surface area contributed by atoms with Crippen molar-refractivity contribution < 1.29 is 15.1 Å². The van der Waals surface area contributed by atoms with Gasteiger partial charge in [0.2, 0.25) is 0 Å². The van der Waals surface area contributed by atoms with Crippen molar-refractivity contribution in [1.82, 2.24) is 0 Å². The first-order chi connectivity index (χ1) is 20.3. The molecule has 0 bridgehead atoms. The Kier molecular flexibility index (Phi) is 8.76. The van der Waals surface area contributed by atoms with Gasteiger partial charge in [-0.15, -0.1) is 24.7 Å². The topological polar surface area (TPSA) is 83.6 Å². The van der Waals surface area contributed by atoms with Crippen molar-refractivity contribution in [3.63, 3.8) is 0 Å². The zero-order chi connectivity index (χ0) is 29.8. The number of terminal acetylenes is 2. The Morgan fingerprint density at radius 1 is 0.738 bits per heavy atom. The first-order valence-electron chi connectivity index (χ1n) is 13.8. The molecule has 0 heterocycles. The van der Waals surface area contributed by atoms with Crippen LogP contribution < -0.4 is 0 Å². The number of rotatable bonds is 5. The van der Waals surface area contributed by atoms with Crippen molar-refractivity contribution in [2.45, 2.75) is 49.7 Å². The zero-order valence-electron chi connectivity index (χ0n) is 22.9. The van der Waals surface area contributed by atoms with Crippen LogP contribution in [0.4, 0.5) is 5.69 Å². The van der Waals surface area contributed by atoms with Crippen molar-refractivity contribution >= 4 is 17.3 Å². The minimum Gasteiger partial charge on any atom is -0.391 e. The summed E-state index contributed by atoms with van der Waals surface area (Å²) in [5.41, 5.74) is 8.73. The van der Waals surface area contributed by atoms with Crippen molar-refractivity contribution in [3.05, 3.63) is 145 Å². The predicted octanol–water partition coefficient (Wildman–Crippen LogP) is 6.78. The molecule has 4 atom stereocenters. The van der Waals surface area contributed by atoms with Crippen molar-refractivity contribution in [2.75, 3.05) is 0 Å². The summed E-state index contributed by atoms with van der Waals surface area (Å²) in [6.07, 6.45) is 11.5. The number of hydrogen-bond donors (Lipinski definition) is 2. The van der Waals surface area contributed by atoms with Crippen LogP contribution in [0.3, 0.4) is 0 Å². The fourth-order valence-corrected chi connectivity index (χ4v) is 6.44. The van der Waals surface area contributed by atoms with Crippen LogP contribution in [-0.2, 0) is 12.8 Å². The Balaban J connectivity index is 0.000000169. The second-order valence-corrected chi connectivity index (χ2v) is 11.1. The summed E-state index contributed by atoms with van der Waals surface area (Å²) in [5, 5.41) is 32.6. The summed E-state index contributed by atoms with van der Waals surface area (Å²) in [6, 6.07) is 26.8. The Morgan fingerprint density at radius 3 is 1.69 bits per heavy atom. The summed E-state index contributed by atoms with van der Waals surface area (Å²) < 4.78 is 0. The molecule has 6 heteroatoms. The number of nitrogens with zero attached hydrogens (tertiary/aromatic N) is 1. The van der Waals surface area contributed by atoms with Crippen LogP contribution in [0.2, 0.25) is 5.02 Å².